The molecule has 0 spiro atoms. The summed E-state index contributed by atoms with van der Waals surface area (Å²) in [6.45, 7) is 7.23. The zero-order chi connectivity index (χ0) is 13.8. The summed E-state index contributed by atoms with van der Waals surface area (Å²) in [5.41, 5.74) is 0. The first-order valence-electron chi connectivity index (χ1n) is 7.10. The van der Waals surface area contributed by atoms with Crippen LogP contribution in [-0.4, -0.2) is 38.4 Å². The number of rotatable bonds is 4. The van der Waals surface area contributed by atoms with E-state index in [1.165, 1.54) is 17.3 Å². The van der Waals surface area contributed by atoms with E-state index in [-0.39, 0.29) is 5.91 Å². The van der Waals surface area contributed by atoms with Gasteiger partial charge in [0.05, 0.1) is 0 Å². The van der Waals surface area contributed by atoms with Gasteiger partial charge in [-0.3, -0.25) is 0 Å². The fourth-order valence-corrected chi connectivity index (χ4v) is 5.28. The minimum atomic E-state index is 0.247. The van der Waals surface area contributed by atoms with Crippen LogP contribution < -0.4 is 4.46 Å². The molecule has 104 valence electrons. The minimum absolute atomic E-state index is 0.247. The van der Waals surface area contributed by atoms with Gasteiger partial charge in [-0.05, 0) is 0 Å². The number of nitrogens with zero attached hydrogens (tertiary/aromatic N) is 1. The van der Waals surface area contributed by atoms with E-state index >= 15 is 0 Å². The summed E-state index contributed by atoms with van der Waals surface area (Å²) >= 11 is 0.447. The molecule has 0 saturated carbocycles. The fraction of sp³-hybridized carbons (Fsp3) is 0.562. The molecule has 19 heavy (non-hydrogen) atoms. The summed E-state index contributed by atoms with van der Waals surface area (Å²) in [6, 6.07) is 11.1. The molecule has 1 aromatic carbocycles. The van der Waals surface area contributed by atoms with Crippen LogP contribution in [0.1, 0.15) is 33.6 Å². The van der Waals surface area contributed by atoms with Crippen molar-refractivity contribution in [2.24, 2.45) is 5.92 Å². The zero-order valence-corrected chi connectivity index (χ0v) is 13.7. The Hall–Kier alpha value is -0.791. The number of benzene rings is 1. The number of amides is 1. The molecule has 0 aliphatic carbocycles. The van der Waals surface area contributed by atoms with E-state index in [0.29, 0.717) is 31.7 Å². The third-order valence-electron chi connectivity index (χ3n) is 4.02. The molecule has 1 heterocycles. The predicted molar refractivity (Wildman–Crippen MR) is 80.8 cm³/mol. The Morgan fingerprint density at radius 2 is 2.11 bits per heavy atom. The van der Waals surface area contributed by atoms with Gasteiger partial charge in [-0.2, -0.15) is 0 Å². The molecule has 1 aliphatic heterocycles. The zero-order valence-electron chi connectivity index (χ0n) is 12.0. The normalized spacial score (nSPS) is 24.5. The summed E-state index contributed by atoms with van der Waals surface area (Å²) in [4.78, 5) is 14.5. The predicted octanol–water partition coefficient (Wildman–Crippen LogP) is 2.47. The third kappa shape index (κ3) is 3.61. The van der Waals surface area contributed by atoms with Gasteiger partial charge in [-0.1, -0.05) is 0 Å². The quantitative estimate of drug-likeness (QED) is 0.779. The Kier molecular flexibility index (Phi) is 5.06. The molecule has 0 N–H and O–H groups in total. The molecule has 2 rings (SSSR count). The van der Waals surface area contributed by atoms with Gasteiger partial charge < -0.3 is 0 Å². The molecule has 2 nitrogen and oxygen atoms in total. The molecule has 0 bridgehead atoms. The fourth-order valence-electron chi connectivity index (χ4n) is 2.85. The van der Waals surface area contributed by atoms with Crippen LogP contribution in [0, 0.1) is 5.92 Å². The number of hydrogen-bond donors (Lipinski definition) is 0. The van der Waals surface area contributed by atoms with Crippen molar-refractivity contribution in [3.8, 4) is 0 Å². The summed E-state index contributed by atoms with van der Waals surface area (Å²) in [5.74, 6) is 0.944. The second-order valence-electron chi connectivity index (χ2n) is 5.38. The van der Waals surface area contributed by atoms with Crippen LogP contribution in [0.25, 0.3) is 0 Å². The van der Waals surface area contributed by atoms with E-state index in [1.54, 1.807) is 6.92 Å². The molecule has 3 heteroatoms. The molecular formula is C16H23NOSe. The van der Waals surface area contributed by atoms with Crippen LogP contribution >= 0.6 is 0 Å². The van der Waals surface area contributed by atoms with Crippen LogP contribution in [0.15, 0.2) is 30.3 Å². The van der Waals surface area contributed by atoms with Crippen LogP contribution in [0.4, 0.5) is 0 Å². The van der Waals surface area contributed by atoms with Crippen molar-refractivity contribution < 1.29 is 4.79 Å². The van der Waals surface area contributed by atoms with Crippen LogP contribution in [-0.2, 0) is 4.79 Å². The van der Waals surface area contributed by atoms with Gasteiger partial charge in [-0.15, -0.1) is 0 Å². The van der Waals surface area contributed by atoms with Gasteiger partial charge >= 0.3 is 122 Å². The molecule has 0 radical (unpaired) electrons. The summed E-state index contributed by atoms with van der Waals surface area (Å²) in [7, 11) is 0. The monoisotopic (exact) mass is 325 g/mol. The van der Waals surface area contributed by atoms with Crippen molar-refractivity contribution >= 4 is 25.3 Å². The Bertz CT molecular complexity index is 420. The summed E-state index contributed by atoms with van der Waals surface area (Å²) in [5, 5.41) is 0. The molecule has 3 unspecified atom stereocenters. The van der Waals surface area contributed by atoms with Crippen molar-refractivity contribution in [1.29, 1.82) is 0 Å². The first kappa shape index (κ1) is 14.6. The molecule has 1 amide bonds. The topological polar surface area (TPSA) is 20.3 Å². The number of hydrogen-bond acceptors (Lipinski definition) is 1. The van der Waals surface area contributed by atoms with E-state index in [0.717, 1.165) is 6.54 Å². The van der Waals surface area contributed by atoms with Gasteiger partial charge in [0, 0.05) is 0 Å². The molecule has 1 aliphatic rings. The molecule has 1 saturated heterocycles. The van der Waals surface area contributed by atoms with Gasteiger partial charge in [-0.25, -0.2) is 0 Å². The van der Waals surface area contributed by atoms with Gasteiger partial charge in [0.2, 0.25) is 0 Å². The number of carbonyl (C=O) groups is 1. The Morgan fingerprint density at radius 3 is 2.68 bits per heavy atom. The second-order valence-corrected chi connectivity index (χ2v) is 8.43. The van der Waals surface area contributed by atoms with Gasteiger partial charge in [0.1, 0.15) is 0 Å². The van der Waals surface area contributed by atoms with E-state index in [9.17, 15) is 4.79 Å². The molecule has 1 aromatic rings. The maximum atomic E-state index is 11.8. The standard InChI is InChI=1S/C16H23NOSe/c1-4-14-10-16(17(11-14)13(3)18)12(2)19-15-8-6-5-7-9-15/h5-9,12,14,16H,4,10-11H2,1-3H3. The Balaban J connectivity index is 2.04. The van der Waals surface area contributed by atoms with Crippen molar-refractivity contribution in [2.75, 3.05) is 6.54 Å². The Labute approximate surface area is 122 Å². The van der Waals surface area contributed by atoms with E-state index in [4.69, 9.17) is 0 Å². The number of carbonyl (C=O) groups excluding carboxylic acids is 1. The average molecular weight is 324 g/mol. The molecule has 1 fully saturated rings. The van der Waals surface area contributed by atoms with Crippen molar-refractivity contribution in [3.05, 3.63) is 30.3 Å². The summed E-state index contributed by atoms with van der Waals surface area (Å²) < 4.78 is 1.44. The maximum absolute atomic E-state index is 11.8. The van der Waals surface area contributed by atoms with Crippen LogP contribution in [0.2, 0.25) is 4.82 Å². The van der Waals surface area contributed by atoms with Crippen LogP contribution in [0.5, 0.6) is 0 Å². The molecule has 0 aromatic heterocycles. The van der Waals surface area contributed by atoms with Crippen molar-refractivity contribution in [2.45, 2.75) is 44.5 Å². The SMILES string of the molecule is CCC1CC(C(C)[Se]c2ccccc2)N(C(C)=O)C1. The molecular weight excluding hydrogens is 301 g/mol. The second kappa shape index (κ2) is 6.58. The van der Waals surface area contributed by atoms with E-state index < -0.39 is 0 Å². The number of likely N-dealkylation sites (tertiary alicyclic amines) is 1. The van der Waals surface area contributed by atoms with Gasteiger partial charge in [0.25, 0.3) is 0 Å². The van der Waals surface area contributed by atoms with E-state index in [2.05, 4.69) is 49.1 Å². The average Bonchev–Trinajstić information content (AvgIpc) is 2.84. The van der Waals surface area contributed by atoms with Crippen LogP contribution in [0.3, 0.4) is 0 Å². The van der Waals surface area contributed by atoms with Gasteiger partial charge in [0.15, 0.2) is 0 Å². The Morgan fingerprint density at radius 1 is 1.42 bits per heavy atom. The third-order valence-corrected chi connectivity index (χ3v) is 6.60. The van der Waals surface area contributed by atoms with Crippen molar-refractivity contribution in [1.82, 2.24) is 4.90 Å². The first-order chi connectivity index (χ1) is 9.11. The first-order valence-corrected chi connectivity index (χ1v) is 8.95. The molecule has 3 atom stereocenters. The van der Waals surface area contributed by atoms with E-state index in [1.807, 2.05) is 0 Å². The summed E-state index contributed by atoms with van der Waals surface area (Å²) in [6.07, 6.45) is 2.37. The van der Waals surface area contributed by atoms with Crippen molar-refractivity contribution in [3.63, 3.8) is 0 Å².